The first-order valence-electron chi connectivity index (χ1n) is 12.0. The van der Waals surface area contributed by atoms with Gasteiger partial charge in [0, 0.05) is 41.6 Å². The van der Waals surface area contributed by atoms with Crippen LogP contribution in [0.4, 0.5) is 11.8 Å². The van der Waals surface area contributed by atoms with Gasteiger partial charge in [-0.15, -0.1) is 0 Å². The Morgan fingerprint density at radius 2 is 1.95 bits per heavy atom. The minimum Gasteiger partial charge on any atom is -0.459 e. The number of nitrogens with one attached hydrogen (secondary N) is 2. The average Bonchev–Trinajstić information content (AvgIpc) is 3.38. The van der Waals surface area contributed by atoms with Crippen LogP contribution in [0.25, 0.3) is 11.3 Å². The monoisotopic (exact) mass is 551 g/mol. The Labute approximate surface area is 230 Å². The lowest BCUT2D eigenvalue weighted by Gasteiger charge is -2.34. The average molecular weight is 552 g/mol. The zero-order chi connectivity index (χ0) is 25.6. The number of nitrogens with zero attached hydrogens (tertiary/aromatic N) is 5. The third-order valence-corrected chi connectivity index (χ3v) is 7.27. The Morgan fingerprint density at radius 3 is 2.73 bits per heavy atom. The molecule has 0 unspecified atom stereocenters. The van der Waals surface area contributed by atoms with Crippen LogP contribution in [0.2, 0.25) is 5.02 Å². The molecule has 11 heteroatoms. The van der Waals surface area contributed by atoms with E-state index >= 15 is 0 Å². The van der Waals surface area contributed by atoms with Crippen LogP contribution in [0.5, 0.6) is 0 Å². The van der Waals surface area contributed by atoms with E-state index in [0.29, 0.717) is 33.8 Å². The highest BCUT2D eigenvalue weighted by molar-refractivity contribution is 7.99. The Kier molecular flexibility index (Phi) is 8.18. The number of halogens is 1. The predicted molar refractivity (Wildman–Crippen MR) is 151 cm³/mol. The lowest BCUT2D eigenvalue weighted by Crippen LogP contribution is -2.38. The maximum absolute atomic E-state index is 5.98. The van der Waals surface area contributed by atoms with E-state index in [-0.39, 0.29) is 0 Å². The van der Waals surface area contributed by atoms with Gasteiger partial charge in [0.2, 0.25) is 5.95 Å². The summed E-state index contributed by atoms with van der Waals surface area (Å²) in [5.41, 5.74) is 0.959. The quantitative estimate of drug-likeness (QED) is 0.157. The summed E-state index contributed by atoms with van der Waals surface area (Å²) in [6, 6.07) is 15.6. The normalized spacial score (nSPS) is 15.4. The van der Waals surface area contributed by atoms with E-state index in [1.54, 1.807) is 18.5 Å². The highest BCUT2D eigenvalue weighted by Gasteiger charge is 2.21. The molecule has 3 aromatic heterocycles. The molecule has 190 valence electrons. The second-order valence-corrected chi connectivity index (χ2v) is 10.5. The van der Waals surface area contributed by atoms with E-state index in [1.165, 1.54) is 18.2 Å². The van der Waals surface area contributed by atoms with Crippen molar-refractivity contribution >= 4 is 52.5 Å². The Morgan fingerprint density at radius 1 is 1.14 bits per heavy atom. The molecule has 0 saturated carbocycles. The van der Waals surface area contributed by atoms with Crippen LogP contribution in [-0.2, 0) is 6.54 Å². The van der Waals surface area contributed by atoms with Crippen molar-refractivity contribution in [2.75, 3.05) is 16.8 Å². The minimum absolute atomic E-state index is 0.403. The fraction of sp³-hybridized carbons (Fsp3) is 0.269. The molecule has 8 nitrogen and oxygen atoms in total. The van der Waals surface area contributed by atoms with Crippen molar-refractivity contribution in [2.45, 2.75) is 49.0 Å². The summed E-state index contributed by atoms with van der Waals surface area (Å²) in [5, 5.41) is 8.78. The van der Waals surface area contributed by atoms with Gasteiger partial charge in [-0.2, -0.15) is 4.98 Å². The Hall–Kier alpha value is -3.21. The number of anilines is 2. The van der Waals surface area contributed by atoms with Gasteiger partial charge < -0.3 is 20.0 Å². The van der Waals surface area contributed by atoms with Crippen molar-refractivity contribution in [3.8, 4) is 11.3 Å². The molecular formula is C26H26ClN7OS2. The van der Waals surface area contributed by atoms with E-state index in [0.717, 1.165) is 47.3 Å². The number of rotatable bonds is 7. The van der Waals surface area contributed by atoms with Crippen molar-refractivity contribution in [1.82, 2.24) is 25.3 Å². The predicted octanol–water partition coefficient (Wildman–Crippen LogP) is 6.20. The van der Waals surface area contributed by atoms with Crippen LogP contribution in [-0.4, -0.2) is 37.6 Å². The smallest absolute Gasteiger partial charge is 0.232 e. The number of thiocarbonyl (C=S) groups is 1. The summed E-state index contributed by atoms with van der Waals surface area (Å²) in [7, 11) is 0. The molecule has 1 saturated heterocycles. The van der Waals surface area contributed by atoms with Crippen LogP contribution < -0.4 is 15.5 Å². The third-order valence-electron chi connectivity index (χ3n) is 5.96. The Bertz CT molecular complexity index is 1350. The molecule has 2 N–H and O–H groups in total. The summed E-state index contributed by atoms with van der Waals surface area (Å²) in [6.45, 7) is 3.61. The van der Waals surface area contributed by atoms with Crippen LogP contribution >= 0.6 is 35.6 Å². The van der Waals surface area contributed by atoms with Crippen LogP contribution in [0, 0.1) is 0 Å². The molecule has 0 radical (unpaired) electrons. The van der Waals surface area contributed by atoms with Gasteiger partial charge in [0.15, 0.2) is 10.3 Å². The van der Waals surface area contributed by atoms with Crippen LogP contribution in [0.15, 0.2) is 75.5 Å². The summed E-state index contributed by atoms with van der Waals surface area (Å²) in [4.78, 5) is 20.4. The lowest BCUT2D eigenvalue weighted by atomic mass is 10.0. The molecule has 1 fully saturated rings. The minimum atomic E-state index is 0.403. The maximum atomic E-state index is 5.98. The zero-order valence-corrected chi connectivity index (χ0v) is 22.6. The van der Waals surface area contributed by atoms with Crippen LogP contribution in [0.1, 0.15) is 31.9 Å². The molecule has 0 spiro atoms. The molecule has 4 aromatic rings. The van der Waals surface area contributed by atoms with Gasteiger partial charge in [-0.05, 0) is 92.6 Å². The van der Waals surface area contributed by atoms with Crippen molar-refractivity contribution in [3.05, 3.63) is 71.7 Å². The number of furan rings is 1. The molecule has 0 aliphatic carbocycles. The van der Waals surface area contributed by atoms with E-state index in [1.807, 2.05) is 42.5 Å². The molecule has 5 rings (SSSR count). The van der Waals surface area contributed by atoms with Crippen molar-refractivity contribution in [2.24, 2.45) is 0 Å². The molecule has 37 heavy (non-hydrogen) atoms. The van der Waals surface area contributed by atoms with Crippen molar-refractivity contribution in [1.29, 1.82) is 0 Å². The SMILES string of the molecule is C[C@H]1CCCCN1c1cc(Sc2ncccn2)nc(NC(=S)NCc2ccc(-c3ccc(Cl)cc3)o2)n1. The molecule has 1 aliphatic heterocycles. The summed E-state index contributed by atoms with van der Waals surface area (Å²) < 4.78 is 5.96. The molecule has 1 aromatic carbocycles. The fourth-order valence-electron chi connectivity index (χ4n) is 4.09. The summed E-state index contributed by atoms with van der Waals surface area (Å²) >= 11 is 12.9. The lowest BCUT2D eigenvalue weighted by molar-refractivity contribution is 0.480. The van der Waals surface area contributed by atoms with Crippen LogP contribution in [0.3, 0.4) is 0 Å². The van der Waals surface area contributed by atoms with Crippen molar-refractivity contribution in [3.63, 3.8) is 0 Å². The molecular weight excluding hydrogens is 526 g/mol. The van der Waals surface area contributed by atoms with Gasteiger partial charge in [0.1, 0.15) is 22.4 Å². The van der Waals surface area contributed by atoms with Gasteiger partial charge in [-0.3, -0.25) is 0 Å². The van der Waals surface area contributed by atoms with E-state index in [9.17, 15) is 0 Å². The van der Waals surface area contributed by atoms with Gasteiger partial charge in [-0.25, -0.2) is 15.0 Å². The topological polar surface area (TPSA) is 92.0 Å². The number of aromatic nitrogens is 4. The van der Waals surface area contributed by atoms with Gasteiger partial charge in [0.05, 0.1) is 6.54 Å². The maximum Gasteiger partial charge on any atom is 0.232 e. The zero-order valence-electron chi connectivity index (χ0n) is 20.2. The van der Waals surface area contributed by atoms with Gasteiger partial charge >= 0.3 is 0 Å². The highest BCUT2D eigenvalue weighted by atomic mass is 35.5. The second-order valence-electron chi connectivity index (χ2n) is 8.64. The second kappa shape index (κ2) is 11.9. The van der Waals surface area contributed by atoms with Gasteiger partial charge in [-0.1, -0.05) is 11.6 Å². The first-order valence-corrected chi connectivity index (χ1v) is 13.6. The molecule has 1 atom stereocenters. The largest absolute Gasteiger partial charge is 0.459 e. The highest BCUT2D eigenvalue weighted by Crippen LogP contribution is 2.30. The molecule has 0 amide bonds. The van der Waals surface area contributed by atoms with Gasteiger partial charge in [0.25, 0.3) is 0 Å². The number of benzene rings is 1. The number of hydrogen-bond acceptors (Lipinski definition) is 8. The molecule has 4 heterocycles. The number of hydrogen-bond donors (Lipinski definition) is 2. The molecule has 0 bridgehead atoms. The van der Waals surface area contributed by atoms with E-state index in [4.69, 9.17) is 33.2 Å². The standard InChI is InChI=1S/C26H26ClN7OS2/c1-17-5-2-3-14-34(17)22-15-23(37-26-28-12-4-13-29-26)32-24(31-22)33-25(36)30-16-20-10-11-21(35-20)18-6-8-19(27)9-7-18/h4,6-13,15,17H,2-3,5,14,16H2,1H3,(H2,30,31,32,33,36)/t17-/m0/s1. The third kappa shape index (κ3) is 6.76. The van der Waals surface area contributed by atoms with Crippen molar-refractivity contribution < 1.29 is 4.42 Å². The van der Waals surface area contributed by atoms with E-state index in [2.05, 4.69) is 37.4 Å². The summed E-state index contributed by atoms with van der Waals surface area (Å²) in [5.74, 6) is 2.81. The molecule has 1 aliphatic rings. The first kappa shape index (κ1) is 25.4. The Balaban J connectivity index is 1.28. The first-order chi connectivity index (χ1) is 18.0. The van der Waals surface area contributed by atoms with E-state index < -0.39 is 0 Å². The fourth-order valence-corrected chi connectivity index (χ4v) is 5.09. The summed E-state index contributed by atoms with van der Waals surface area (Å²) in [6.07, 6.45) is 6.94. The number of piperidine rings is 1.